The van der Waals surface area contributed by atoms with Crippen molar-refractivity contribution in [3.05, 3.63) is 30.7 Å². The molecule has 0 amide bonds. The maximum absolute atomic E-state index is 11.9. The van der Waals surface area contributed by atoms with E-state index in [4.69, 9.17) is 5.26 Å². The summed E-state index contributed by atoms with van der Waals surface area (Å²) in [6, 6.07) is 5.37. The van der Waals surface area contributed by atoms with Crippen LogP contribution in [0.3, 0.4) is 0 Å². The number of anilines is 1. The SMILES string of the molecule is N#CCS(=O)(=O)NC1CCCN(c2nccc3cnc4[nH]ccc4c23)C1. The number of nitrogens with one attached hydrogen (secondary N) is 2. The summed E-state index contributed by atoms with van der Waals surface area (Å²) >= 11 is 0. The van der Waals surface area contributed by atoms with Gasteiger partial charge in [0.05, 0.1) is 6.07 Å². The molecule has 0 spiro atoms. The van der Waals surface area contributed by atoms with Gasteiger partial charge in [-0.2, -0.15) is 5.26 Å². The van der Waals surface area contributed by atoms with Gasteiger partial charge in [0.2, 0.25) is 10.0 Å². The molecule has 0 aromatic carbocycles. The first-order valence-corrected chi connectivity index (χ1v) is 10.1. The fourth-order valence-corrected chi connectivity index (χ4v) is 4.49. The Kier molecular flexibility index (Phi) is 4.22. The van der Waals surface area contributed by atoms with Crippen LogP contribution in [0, 0.1) is 11.3 Å². The van der Waals surface area contributed by atoms with Crippen LogP contribution in [0.5, 0.6) is 0 Å². The molecule has 3 aromatic rings. The standard InChI is InChI=1S/C17H18N6O2S/c18-5-9-26(24,25)22-13-2-1-8-23(11-13)17-15-12(3-6-20-17)10-21-16-14(15)4-7-19-16/h3-4,6-7,10,13,22H,1-2,8-9,11H2,(H,19,21). The van der Waals surface area contributed by atoms with Gasteiger partial charge >= 0.3 is 0 Å². The van der Waals surface area contributed by atoms with Crippen LogP contribution < -0.4 is 9.62 Å². The zero-order valence-corrected chi connectivity index (χ0v) is 14.8. The molecule has 4 rings (SSSR count). The lowest BCUT2D eigenvalue weighted by Crippen LogP contribution is -2.48. The molecule has 1 aliphatic heterocycles. The molecular formula is C17H18N6O2S. The topological polar surface area (TPSA) is 115 Å². The number of nitrogens with zero attached hydrogens (tertiary/aromatic N) is 4. The van der Waals surface area contributed by atoms with E-state index in [1.165, 1.54) is 0 Å². The second-order valence-corrected chi connectivity index (χ2v) is 8.17. The number of nitriles is 1. The van der Waals surface area contributed by atoms with Crippen molar-refractivity contribution in [1.82, 2.24) is 19.7 Å². The molecular weight excluding hydrogens is 352 g/mol. The molecule has 2 N–H and O–H groups in total. The first-order chi connectivity index (χ1) is 12.6. The number of H-pyrrole nitrogens is 1. The van der Waals surface area contributed by atoms with Crippen LogP contribution in [0.1, 0.15) is 12.8 Å². The highest BCUT2D eigenvalue weighted by Crippen LogP contribution is 2.31. The highest BCUT2D eigenvalue weighted by molar-refractivity contribution is 7.89. The summed E-state index contributed by atoms with van der Waals surface area (Å²) < 4.78 is 26.5. The molecule has 0 saturated carbocycles. The maximum Gasteiger partial charge on any atom is 0.225 e. The minimum atomic E-state index is -3.58. The number of rotatable bonds is 4. The van der Waals surface area contributed by atoms with E-state index in [9.17, 15) is 8.42 Å². The molecule has 26 heavy (non-hydrogen) atoms. The highest BCUT2D eigenvalue weighted by Gasteiger charge is 2.26. The van der Waals surface area contributed by atoms with Crippen molar-refractivity contribution in [3.8, 4) is 6.07 Å². The van der Waals surface area contributed by atoms with Gasteiger partial charge < -0.3 is 9.88 Å². The lowest BCUT2D eigenvalue weighted by molar-refractivity contribution is 0.465. The second-order valence-electron chi connectivity index (χ2n) is 6.42. The molecule has 0 aliphatic carbocycles. The van der Waals surface area contributed by atoms with Gasteiger partial charge in [-0.05, 0) is 25.0 Å². The lowest BCUT2D eigenvalue weighted by atomic mass is 10.1. The zero-order valence-electron chi connectivity index (χ0n) is 14.0. The van der Waals surface area contributed by atoms with Crippen molar-refractivity contribution < 1.29 is 8.42 Å². The van der Waals surface area contributed by atoms with Crippen molar-refractivity contribution >= 4 is 37.6 Å². The molecule has 9 heteroatoms. The molecule has 134 valence electrons. The molecule has 1 saturated heterocycles. The Morgan fingerprint density at radius 3 is 3.12 bits per heavy atom. The van der Waals surface area contributed by atoms with Gasteiger partial charge in [0, 0.05) is 53.9 Å². The number of fused-ring (bicyclic) bond motifs is 3. The van der Waals surface area contributed by atoms with Crippen molar-refractivity contribution in [2.24, 2.45) is 0 Å². The molecule has 1 unspecified atom stereocenters. The number of aromatic nitrogens is 3. The first-order valence-electron chi connectivity index (χ1n) is 8.40. The molecule has 1 fully saturated rings. The Labute approximate surface area is 150 Å². The van der Waals surface area contributed by atoms with E-state index in [0.29, 0.717) is 6.54 Å². The molecule has 1 aliphatic rings. The lowest BCUT2D eigenvalue weighted by Gasteiger charge is -2.34. The van der Waals surface area contributed by atoms with Gasteiger partial charge in [0.1, 0.15) is 11.5 Å². The third kappa shape index (κ3) is 3.09. The van der Waals surface area contributed by atoms with Gasteiger partial charge in [0.25, 0.3) is 0 Å². The van der Waals surface area contributed by atoms with Crippen LogP contribution in [0.4, 0.5) is 5.82 Å². The molecule has 0 radical (unpaired) electrons. The first kappa shape index (κ1) is 16.8. The maximum atomic E-state index is 11.9. The zero-order chi connectivity index (χ0) is 18.1. The summed E-state index contributed by atoms with van der Waals surface area (Å²) in [6.07, 6.45) is 7.01. The quantitative estimate of drug-likeness (QED) is 0.720. The van der Waals surface area contributed by atoms with Crippen LogP contribution in [0.15, 0.2) is 30.7 Å². The minimum absolute atomic E-state index is 0.234. The molecule has 3 aromatic heterocycles. The highest BCUT2D eigenvalue weighted by atomic mass is 32.2. The van der Waals surface area contributed by atoms with Crippen molar-refractivity contribution in [2.45, 2.75) is 18.9 Å². The average molecular weight is 370 g/mol. The molecule has 8 nitrogen and oxygen atoms in total. The molecule has 1 atom stereocenters. The largest absolute Gasteiger partial charge is 0.354 e. The minimum Gasteiger partial charge on any atom is -0.354 e. The van der Waals surface area contributed by atoms with E-state index in [1.807, 2.05) is 24.5 Å². The number of aromatic amines is 1. The van der Waals surface area contributed by atoms with E-state index in [-0.39, 0.29) is 6.04 Å². The third-order valence-corrected chi connectivity index (χ3v) is 5.81. The van der Waals surface area contributed by atoms with Crippen LogP contribution >= 0.6 is 0 Å². The number of piperidine rings is 1. The van der Waals surface area contributed by atoms with E-state index in [2.05, 4.69) is 24.6 Å². The monoisotopic (exact) mass is 370 g/mol. The number of hydrogen-bond donors (Lipinski definition) is 2. The summed E-state index contributed by atoms with van der Waals surface area (Å²) in [5, 5.41) is 11.7. The van der Waals surface area contributed by atoms with Crippen molar-refractivity contribution in [1.29, 1.82) is 5.26 Å². The van der Waals surface area contributed by atoms with E-state index < -0.39 is 15.8 Å². The average Bonchev–Trinajstić information content (AvgIpc) is 3.10. The van der Waals surface area contributed by atoms with Crippen LogP contribution in [0.25, 0.3) is 21.8 Å². The number of hydrogen-bond acceptors (Lipinski definition) is 6. The summed E-state index contributed by atoms with van der Waals surface area (Å²) in [7, 11) is -3.58. The predicted octanol–water partition coefficient (Wildman–Crippen LogP) is 1.52. The summed E-state index contributed by atoms with van der Waals surface area (Å²) in [5.74, 6) is 0.310. The number of pyridine rings is 2. The van der Waals surface area contributed by atoms with Gasteiger partial charge in [-0.25, -0.2) is 23.1 Å². The predicted molar refractivity (Wildman–Crippen MR) is 99.2 cm³/mol. The van der Waals surface area contributed by atoms with E-state index in [1.54, 1.807) is 12.3 Å². The summed E-state index contributed by atoms with van der Waals surface area (Å²) in [6.45, 7) is 1.32. The Hall–Kier alpha value is -2.70. The van der Waals surface area contributed by atoms with Gasteiger partial charge in [-0.3, -0.25) is 0 Å². The number of sulfonamides is 1. The van der Waals surface area contributed by atoms with Crippen molar-refractivity contribution in [3.63, 3.8) is 0 Å². The molecule has 4 heterocycles. The Balaban J connectivity index is 1.69. The summed E-state index contributed by atoms with van der Waals surface area (Å²) in [5.41, 5.74) is 0.801. The van der Waals surface area contributed by atoms with E-state index >= 15 is 0 Å². The second kappa shape index (κ2) is 6.55. The van der Waals surface area contributed by atoms with Gasteiger partial charge in [-0.1, -0.05) is 0 Å². The van der Waals surface area contributed by atoms with Gasteiger partial charge in [0.15, 0.2) is 5.75 Å². The fourth-order valence-electron chi connectivity index (χ4n) is 3.54. The third-order valence-electron chi connectivity index (χ3n) is 4.61. The Morgan fingerprint density at radius 1 is 1.38 bits per heavy atom. The Morgan fingerprint density at radius 2 is 2.27 bits per heavy atom. The fraction of sp³-hybridized carbons (Fsp3) is 0.353. The molecule has 0 bridgehead atoms. The normalized spacial score (nSPS) is 18.3. The van der Waals surface area contributed by atoms with Crippen molar-refractivity contribution in [2.75, 3.05) is 23.7 Å². The van der Waals surface area contributed by atoms with Crippen LogP contribution in [-0.4, -0.2) is 48.3 Å². The smallest absolute Gasteiger partial charge is 0.225 e. The Bertz CT molecular complexity index is 1100. The van der Waals surface area contributed by atoms with E-state index in [0.717, 1.165) is 47.0 Å². The van der Waals surface area contributed by atoms with Crippen LogP contribution in [-0.2, 0) is 10.0 Å². The summed E-state index contributed by atoms with van der Waals surface area (Å²) in [4.78, 5) is 14.2. The van der Waals surface area contributed by atoms with Crippen LogP contribution in [0.2, 0.25) is 0 Å². The van der Waals surface area contributed by atoms with Gasteiger partial charge in [-0.15, -0.1) is 0 Å².